The van der Waals surface area contributed by atoms with Crippen molar-refractivity contribution in [2.75, 3.05) is 20.8 Å². The van der Waals surface area contributed by atoms with E-state index >= 15 is 0 Å². The molecule has 9 nitrogen and oxygen atoms in total. The van der Waals surface area contributed by atoms with Gasteiger partial charge in [0.1, 0.15) is 17.6 Å². The van der Waals surface area contributed by atoms with E-state index in [4.69, 9.17) is 18.9 Å². The fourth-order valence-electron chi connectivity index (χ4n) is 5.04. The smallest absolute Gasteiger partial charge is 0.259 e. The Morgan fingerprint density at radius 2 is 1.88 bits per heavy atom. The van der Waals surface area contributed by atoms with Crippen LogP contribution in [0, 0.1) is 0 Å². The van der Waals surface area contributed by atoms with Gasteiger partial charge in [0.05, 0.1) is 43.9 Å². The van der Waals surface area contributed by atoms with Crippen molar-refractivity contribution in [1.82, 2.24) is 10.2 Å². The van der Waals surface area contributed by atoms with Gasteiger partial charge in [0.25, 0.3) is 11.8 Å². The van der Waals surface area contributed by atoms with E-state index < -0.39 is 35.7 Å². The number of likely N-dealkylation sites (tertiary alicyclic amines) is 1. The SMILES string of the molecule is COc1ccc(CN2C(=O)[C@@H](c3cccc4c3C(=O)NC4=O)[C@H]2[C@@H]2COC(C)(C)O2)c(OC)c1. The molecule has 3 aliphatic rings. The average Bonchev–Trinajstić information content (AvgIpc) is 3.33. The van der Waals surface area contributed by atoms with E-state index in [0.29, 0.717) is 23.7 Å². The number of methoxy groups -OCH3 is 2. The lowest BCUT2D eigenvalue weighted by Crippen LogP contribution is -2.64. The molecule has 3 atom stereocenters. The number of benzene rings is 2. The van der Waals surface area contributed by atoms with Crippen LogP contribution in [0.2, 0.25) is 0 Å². The number of rotatable bonds is 6. The van der Waals surface area contributed by atoms with Crippen LogP contribution in [0.15, 0.2) is 36.4 Å². The number of carbonyl (C=O) groups is 3. The van der Waals surface area contributed by atoms with Gasteiger partial charge in [0, 0.05) is 18.2 Å². The molecular weight excluding hydrogens is 440 g/mol. The molecule has 1 N–H and O–H groups in total. The van der Waals surface area contributed by atoms with Crippen LogP contribution in [0.1, 0.15) is 51.6 Å². The molecule has 2 aromatic carbocycles. The molecule has 0 unspecified atom stereocenters. The molecule has 3 aliphatic heterocycles. The second kappa shape index (κ2) is 8.11. The first kappa shape index (κ1) is 22.4. The molecule has 0 aliphatic carbocycles. The summed E-state index contributed by atoms with van der Waals surface area (Å²) in [7, 11) is 3.14. The third-order valence-electron chi connectivity index (χ3n) is 6.63. The van der Waals surface area contributed by atoms with Crippen molar-refractivity contribution in [2.24, 2.45) is 0 Å². The molecule has 0 radical (unpaired) electrons. The van der Waals surface area contributed by atoms with E-state index in [0.717, 1.165) is 5.56 Å². The second-order valence-electron chi connectivity index (χ2n) is 9.03. The van der Waals surface area contributed by atoms with E-state index in [1.807, 2.05) is 26.0 Å². The van der Waals surface area contributed by atoms with Crippen molar-refractivity contribution in [1.29, 1.82) is 0 Å². The maximum Gasteiger partial charge on any atom is 0.259 e. The maximum absolute atomic E-state index is 13.6. The van der Waals surface area contributed by atoms with Crippen molar-refractivity contribution < 1.29 is 33.3 Å². The van der Waals surface area contributed by atoms with E-state index in [9.17, 15) is 14.4 Å². The number of β-lactam (4-membered cyclic amide) rings is 1. The average molecular weight is 466 g/mol. The van der Waals surface area contributed by atoms with Gasteiger partial charge >= 0.3 is 0 Å². The first-order valence-corrected chi connectivity index (χ1v) is 11.1. The molecule has 0 spiro atoms. The summed E-state index contributed by atoms with van der Waals surface area (Å²) in [5, 5.41) is 2.33. The predicted molar refractivity (Wildman–Crippen MR) is 120 cm³/mol. The van der Waals surface area contributed by atoms with Gasteiger partial charge in [-0.2, -0.15) is 0 Å². The first-order chi connectivity index (χ1) is 16.2. The van der Waals surface area contributed by atoms with Gasteiger partial charge in [-0.05, 0) is 37.6 Å². The molecule has 0 bridgehead atoms. The van der Waals surface area contributed by atoms with Crippen molar-refractivity contribution in [3.05, 3.63) is 58.7 Å². The van der Waals surface area contributed by atoms with Crippen LogP contribution in [-0.4, -0.2) is 61.4 Å². The summed E-state index contributed by atoms with van der Waals surface area (Å²) in [4.78, 5) is 40.0. The highest BCUT2D eigenvalue weighted by Gasteiger charge is 2.56. The minimum absolute atomic E-state index is 0.156. The Morgan fingerprint density at radius 1 is 1.09 bits per heavy atom. The lowest BCUT2D eigenvalue weighted by atomic mass is 9.76. The fourth-order valence-corrected chi connectivity index (χ4v) is 5.04. The number of nitrogens with zero attached hydrogens (tertiary/aromatic N) is 1. The van der Waals surface area contributed by atoms with Gasteiger partial charge in [-0.3, -0.25) is 19.7 Å². The summed E-state index contributed by atoms with van der Waals surface area (Å²) in [5.74, 6) is -1.27. The molecule has 34 heavy (non-hydrogen) atoms. The van der Waals surface area contributed by atoms with Crippen LogP contribution in [0.4, 0.5) is 0 Å². The Hall–Kier alpha value is -3.43. The number of imide groups is 1. The molecule has 0 saturated carbocycles. The summed E-state index contributed by atoms with van der Waals surface area (Å²) in [5.41, 5.74) is 1.88. The van der Waals surface area contributed by atoms with Gasteiger partial charge in [-0.25, -0.2) is 0 Å². The monoisotopic (exact) mass is 466 g/mol. The Balaban J connectivity index is 1.52. The van der Waals surface area contributed by atoms with Gasteiger partial charge in [0.2, 0.25) is 5.91 Å². The molecule has 3 heterocycles. The second-order valence-corrected chi connectivity index (χ2v) is 9.03. The summed E-state index contributed by atoms with van der Waals surface area (Å²) < 4.78 is 22.7. The quantitative estimate of drug-likeness (QED) is 0.514. The van der Waals surface area contributed by atoms with Crippen molar-refractivity contribution >= 4 is 17.7 Å². The zero-order valence-electron chi connectivity index (χ0n) is 19.4. The Labute approximate surface area is 196 Å². The minimum Gasteiger partial charge on any atom is -0.497 e. The largest absolute Gasteiger partial charge is 0.497 e. The third-order valence-corrected chi connectivity index (χ3v) is 6.63. The minimum atomic E-state index is -0.788. The maximum atomic E-state index is 13.6. The molecular formula is C25H26N2O7. The fraction of sp³-hybridized carbons (Fsp3) is 0.400. The van der Waals surface area contributed by atoms with E-state index in [2.05, 4.69) is 5.32 Å². The van der Waals surface area contributed by atoms with Crippen LogP contribution in [-0.2, 0) is 20.8 Å². The van der Waals surface area contributed by atoms with Crippen LogP contribution in [0.5, 0.6) is 11.5 Å². The highest BCUT2D eigenvalue weighted by Crippen LogP contribution is 2.45. The molecule has 2 aromatic rings. The number of hydrogen-bond acceptors (Lipinski definition) is 7. The third kappa shape index (κ3) is 3.52. The van der Waals surface area contributed by atoms with Crippen molar-refractivity contribution in [2.45, 2.75) is 44.2 Å². The predicted octanol–water partition coefficient (Wildman–Crippen LogP) is 2.23. The zero-order chi connectivity index (χ0) is 24.2. The Kier molecular flexibility index (Phi) is 5.33. The van der Waals surface area contributed by atoms with Crippen molar-refractivity contribution in [3.8, 4) is 11.5 Å². The number of nitrogens with one attached hydrogen (secondary N) is 1. The summed E-state index contributed by atoms with van der Waals surface area (Å²) in [6.07, 6.45) is -0.405. The van der Waals surface area contributed by atoms with Crippen LogP contribution in [0.3, 0.4) is 0 Å². The van der Waals surface area contributed by atoms with E-state index in [1.165, 1.54) is 0 Å². The normalized spacial score (nSPS) is 25.1. The molecule has 9 heteroatoms. The van der Waals surface area contributed by atoms with Crippen LogP contribution in [0.25, 0.3) is 0 Å². The summed E-state index contributed by atoms with van der Waals surface area (Å²) in [6.45, 7) is 4.24. The number of hydrogen-bond donors (Lipinski definition) is 1. The standard InChI is InChI=1S/C25H26N2O7/c1-25(2)33-12-18(34-25)21-20(15-6-5-7-16-19(15)23(29)26-22(16)28)24(30)27(21)11-13-8-9-14(31-3)10-17(13)32-4/h5-10,18,20-21H,11-12H2,1-4H3,(H,26,28,29)/t18-,20-,21+/m0/s1. The molecule has 5 rings (SSSR count). The molecule has 3 amide bonds. The number of fused-ring (bicyclic) bond motifs is 1. The van der Waals surface area contributed by atoms with Crippen LogP contribution >= 0.6 is 0 Å². The van der Waals surface area contributed by atoms with Gasteiger partial charge in [0.15, 0.2) is 5.79 Å². The molecule has 2 saturated heterocycles. The Morgan fingerprint density at radius 3 is 2.56 bits per heavy atom. The number of carbonyl (C=O) groups excluding carboxylic acids is 3. The first-order valence-electron chi connectivity index (χ1n) is 11.1. The highest BCUT2D eigenvalue weighted by atomic mass is 16.7. The van der Waals surface area contributed by atoms with Gasteiger partial charge in [-0.15, -0.1) is 0 Å². The van der Waals surface area contributed by atoms with Crippen LogP contribution < -0.4 is 14.8 Å². The number of ether oxygens (including phenoxy) is 4. The lowest BCUT2D eigenvalue weighted by Gasteiger charge is -2.50. The number of amides is 3. The molecule has 2 fully saturated rings. The highest BCUT2D eigenvalue weighted by molar-refractivity contribution is 6.22. The van der Waals surface area contributed by atoms with E-state index in [-0.39, 0.29) is 23.6 Å². The summed E-state index contributed by atoms with van der Waals surface area (Å²) >= 11 is 0. The summed E-state index contributed by atoms with van der Waals surface area (Å²) in [6, 6.07) is 10.1. The lowest BCUT2D eigenvalue weighted by molar-refractivity contribution is -0.173. The van der Waals surface area contributed by atoms with Gasteiger partial charge in [-0.1, -0.05) is 12.1 Å². The topological polar surface area (TPSA) is 103 Å². The zero-order valence-corrected chi connectivity index (χ0v) is 19.4. The van der Waals surface area contributed by atoms with E-state index in [1.54, 1.807) is 43.4 Å². The molecule has 0 aromatic heterocycles. The van der Waals surface area contributed by atoms with Gasteiger partial charge < -0.3 is 23.8 Å². The molecule has 178 valence electrons. The van der Waals surface area contributed by atoms with Crippen molar-refractivity contribution in [3.63, 3.8) is 0 Å². The Bertz CT molecular complexity index is 1190.